The zero-order valence-electron chi connectivity index (χ0n) is 14.2. The van der Waals surface area contributed by atoms with Crippen molar-refractivity contribution in [3.05, 3.63) is 0 Å². The van der Waals surface area contributed by atoms with Crippen molar-refractivity contribution in [2.75, 3.05) is 13.1 Å². The van der Waals surface area contributed by atoms with Crippen molar-refractivity contribution in [2.45, 2.75) is 20.8 Å². The van der Waals surface area contributed by atoms with Gasteiger partial charge in [-0.25, -0.2) is 0 Å². The maximum absolute atomic E-state index is 10.3. The summed E-state index contributed by atoms with van der Waals surface area (Å²) in [5, 5.41) is 1.60. The third-order valence-electron chi connectivity index (χ3n) is 0.963. The van der Waals surface area contributed by atoms with Crippen LogP contribution < -0.4 is 118 Å². The summed E-state index contributed by atoms with van der Waals surface area (Å²) >= 11 is 0. The van der Waals surface area contributed by atoms with Gasteiger partial charge in [-0.2, -0.15) is 0 Å². The second-order valence-electron chi connectivity index (χ2n) is 1.70. The molecule has 0 aromatic heterocycles. The van der Waals surface area contributed by atoms with Crippen molar-refractivity contribution in [1.29, 1.82) is 0 Å². The number of carbonyl (C=O) groups excluding carboxylic acids is 1. The molecule has 0 aliphatic heterocycles. The Morgan fingerprint density at radius 2 is 1.46 bits per heavy atom. The maximum atomic E-state index is 10.3. The molecule has 0 heterocycles. The fourth-order valence-electron chi connectivity index (χ4n) is 0.535. The molecule has 0 unspecified atom stereocenters. The number of carbonyl (C=O) groups is 1. The van der Waals surface area contributed by atoms with Gasteiger partial charge < -0.3 is 10.5 Å². The summed E-state index contributed by atoms with van der Waals surface area (Å²) < 4.78 is 0. The second-order valence-corrected chi connectivity index (χ2v) is 1.70. The first-order chi connectivity index (χ1) is 4.20. The van der Waals surface area contributed by atoms with E-state index >= 15 is 0 Å². The molecule has 0 saturated heterocycles. The van der Waals surface area contributed by atoms with Gasteiger partial charge in [0.15, 0.2) is 0 Å². The molecule has 0 fully saturated rings. The fraction of sp³-hybridized carbons (Fsp3) is 0.833. The first-order valence-corrected chi connectivity index (χ1v) is 3.14. The van der Waals surface area contributed by atoms with Gasteiger partial charge in [-0.1, -0.05) is 0 Å². The van der Waals surface area contributed by atoms with Crippen LogP contribution >= 0.6 is 0 Å². The molecule has 0 atom stereocenters. The van der Waals surface area contributed by atoms with Crippen LogP contribution in [0.4, 0.5) is 0 Å². The average molecular weight is 227 g/mol. The first kappa shape index (κ1) is 29.9. The molecule has 0 amide bonds. The summed E-state index contributed by atoms with van der Waals surface area (Å²) in [4.78, 5) is 15.1. The zero-order valence-corrected chi connectivity index (χ0v) is 18.2. The monoisotopic (exact) mass is 227 g/mol. The molecule has 0 saturated carbocycles. The minimum atomic E-state index is -0.251. The van der Waals surface area contributed by atoms with E-state index in [4.69, 9.17) is 4.84 Å². The van der Waals surface area contributed by atoms with Crippen LogP contribution in [0.25, 0.3) is 0 Å². The smallest absolute Gasteiger partial charge is 1.00 e. The molecule has 62 valence electrons. The summed E-state index contributed by atoms with van der Waals surface area (Å²) in [6.45, 7) is 6.77. The van der Waals surface area contributed by atoms with Gasteiger partial charge in [0, 0.05) is 20.0 Å². The maximum Gasteiger partial charge on any atom is 1.00 e. The van der Waals surface area contributed by atoms with Crippen LogP contribution in [0.1, 0.15) is 26.5 Å². The number of nitrogens with zero attached hydrogens (tertiary/aromatic N) is 1. The van der Waals surface area contributed by atoms with Crippen LogP contribution in [0.15, 0.2) is 0 Å². The molecule has 0 aliphatic carbocycles. The van der Waals surface area contributed by atoms with Crippen LogP contribution in [-0.4, -0.2) is 24.1 Å². The Morgan fingerprint density at radius 1 is 1.15 bits per heavy atom. The molecule has 0 aromatic carbocycles. The van der Waals surface area contributed by atoms with Crippen molar-refractivity contribution in [1.82, 2.24) is 5.06 Å². The van der Waals surface area contributed by atoms with Crippen LogP contribution in [-0.2, 0) is 9.63 Å². The predicted molar refractivity (Wildman–Crippen MR) is 39.1 cm³/mol. The largest absolute Gasteiger partial charge is 1.00 e. The minimum Gasteiger partial charge on any atom is -1.00 e. The van der Waals surface area contributed by atoms with E-state index in [1.54, 1.807) is 5.06 Å². The van der Waals surface area contributed by atoms with E-state index in [1.807, 2.05) is 13.8 Å². The molecule has 0 bridgehead atoms. The van der Waals surface area contributed by atoms with Crippen molar-refractivity contribution in [3.63, 3.8) is 0 Å². The van der Waals surface area contributed by atoms with Gasteiger partial charge in [0.05, 0.1) is 0 Å². The van der Waals surface area contributed by atoms with Crippen molar-refractivity contribution in [3.8, 4) is 0 Å². The topological polar surface area (TPSA) is 29.5 Å². The molecule has 0 aliphatic rings. The molecule has 0 aromatic rings. The normalized spacial score (nSPS) is 6.77. The Bertz CT molecular complexity index is 114. The van der Waals surface area contributed by atoms with Crippen molar-refractivity contribution < 1.29 is 134 Å². The summed E-state index contributed by atoms with van der Waals surface area (Å²) in [7, 11) is 0. The van der Waals surface area contributed by atoms with E-state index < -0.39 is 0 Å². The van der Waals surface area contributed by atoms with Gasteiger partial charge in [0.2, 0.25) is 0 Å². The van der Waals surface area contributed by atoms with Crippen molar-refractivity contribution in [2.24, 2.45) is 0 Å². The Hall–Kier alpha value is 3.43. The number of hydrogen-bond donors (Lipinski definition) is 0. The SMILES string of the molecule is CCN(CC)OC(C)=O.[H-].[H-].[H-].[H-].[Na+].[Na+].[Na+].[Na+]. The first-order valence-electron chi connectivity index (χ1n) is 3.14. The van der Waals surface area contributed by atoms with Gasteiger partial charge in [-0.3, -0.25) is 4.79 Å². The third-order valence-corrected chi connectivity index (χ3v) is 0.963. The zero-order chi connectivity index (χ0) is 7.28. The molecular weight excluding hydrogens is 210 g/mol. The summed E-state index contributed by atoms with van der Waals surface area (Å²) in [6.07, 6.45) is 0. The third kappa shape index (κ3) is 21.3. The fourth-order valence-corrected chi connectivity index (χ4v) is 0.535. The molecule has 0 radical (unpaired) electrons. The van der Waals surface area contributed by atoms with Crippen LogP contribution in [0, 0.1) is 0 Å². The molecule has 7 heteroatoms. The molecular formula is C6H17NNa4O2. The predicted octanol–water partition coefficient (Wildman–Crippen LogP) is -10.7. The molecule has 3 nitrogen and oxygen atoms in total. The Balaban J connectivity index is -0.0000000114. The summed E-state index contributed by atoms with van der Waals surface area (Å²) in [5.41, 5.74) is 0. The van der Waals surface area contributed by atoms with E-state index in [1.165, 1.54) is 6.92 Å². The molecule has 0 rings (SSSR count). The van der Waals surface area contributed by atoms with Gasteiger partial charge in [-0.05, 0) is 13.8 Å². The average Bonchev–Trinajstić information content (AvgIpc) is 1.82. The van der Waals surface area contributed by atoms with Crippen LogP contribution in [0.3, 0.4) is 0 Å². The minimum absolute atomic E-state index is 0. The molecule has 13 heavy (non-hydrogen) atoms. The standard InChI is InChI=1S/C6H13NO2.4Na.4H/c1-4-7(5-2)9-6(3)8;;;;;;;;/h4-5H2,1-3H3;;;;;;;;/q;4*+1;4*-1. The van der Waals surface area contributed by atoms with E-state index in [0.717, 1.165) is 13.1 Å². The number of rotatable bonds is 3. The van der Waals surface area contributed by atoms with E-state index in [9.17, 15) is 4.79 Å². The number of hydroxylamine groups is 2. The molecule has 0 spiro atoms. The summed E-state index contributed by atoms with van der Waals surface area (Å²) in [6, 6.07) is 0. The van der Waals surface area contributed by atoms with Gasteiger partial charge in [-0.15, -0.1) is 5.06 Å². The van der Waals surface area contributed by atoms with Gasteiger partial charge in [0.25, 0.3) is 0 Å². The van der Waals surface area contributed by atoms with E-state index in [-0.39, 0.29) is 130 Å². The summed E-state index contributed by atoms with van der Waals surface area (Å²) in [5.74, 6) is -0.251. The van der Waals surface area contributed by atoms with Crippen LogP contribution in [0.5, 0.6) is 0 Å². The van der Waals surface area contributed by atoms with Gasteiger partial charge >= 0.3 is 124 Å². The van der Waals surface area contributed by atoms with Gasteiger partial charge in [0.1, 0.15) is 0 Å². The Labute approximate surface area is 175 Å². The van der Waals surface area contributed by atoms with E-state index in [2.05, 4.69) is 0 Å². The second kappa shape index (κ2) is 20.8. The Kier molecular flexibility index (Phi) is 47.9. The molecule has 0 N–H and O–H groups in total. The van der Waals surface area contributed by atoms with Crippen LogP contribution in [0.2, 0.25) is 0 Å². The quantitative estimate of drug-likeness (QED) is 0.354. The Morgan fingerprint density at radius 3 is 1.54 bits per heavy atom. The van der Waals surface area contributed by atoms with Crippen molar-refractivity contribution >= 4 is 5.97 Å². The van der Waals surface area contributed by atoms with E-state index in [0.29, 0.717) is 0 Å². The number of hydrogen-bond acceptors (Lipinski definition) is 3.